The third-order valence-electron chi connectivity index (χ3n) is 2.67. The average Bonchev–Trinajstić information content (AvgIpc) is 2.64. The molecule has 7 nitrogen and oxygen atoms in total. The lowest BCUT2D eigenvalue weighted by Gasteiger charge is -2.32. The Balaban J connectivity index is 2.95. The van der Waals surface area contributed by atoms with Crippen LogP contribution in [-0.2, 0) is 34.5 Å². The topological polar surface area (TPSA) is 94.1 Å². The first-order valence-electron chi connectivity index (χ1n) is 5.45. The predicted molar refractivity (Wildman–Crippen MR) is 60.2 cm³/mol. The minimum atomic E-state index is -3.01. The standard InChI is InChI=1S/C10H17FO7S/c1-9(2)16-5-6(17-9)7(18-19(13)14)10(3,11)8(12)15-4/h6-7H,5H2,1-4H3,(H,13,14)/p-1/t6?,7-,10?/m1/s1. The molecule has 1 fully saturated rings. The molecule has 19 heavy (non-hydrogen) atoms. The maximum Gasteiger partial charge on any atom is 0.346 e. The van der Waals surface area contributed by atoms with Gasteiger partial charge in [-0.05, 0) is 20.8 Å². The maximum absolute atomic E-state index is 14.4. The quantitative estimate of drug-likeness (QED) is 0.529. The summed E-state index contributed by atoms with van der Waals surface area (Å²) in [7, 11) is 0.987. The van der Waals surface area contributed by atoms with E-state index in [-0.39, 0.29) is 6.61 Å². The third kappa shape index (κ3) is 3.93. The Kier molecular flexibility index (Phi) is 5.02. The van der Waals surface area contributed by atoms with Crippen LogP contribution in [-0.4, -0.2) is 52.1 Å². The fraction of sp³-hybridized carbons (Fsp3) is 0.900. The van der Waals surface area contributed by atoms with Crippen molar-refractivity contribution in [1.82, 2.24) is 0 Å². The van der Waals surface area contributed by atoms with Crippen molar-refractivity contribution in [2.45, 2.75) is 44.4 Å². The number of esters is 1. The van der Waals surface area contributed by atoms with Crippen LogP contribution in [0.1, 0.15) is 20.8 Å². The van der Waals surface area contributed by atoms with Crippen molar-refractivity contribution < 1.29 is 36.3 Å². The zero-order chi connectivity index (χ0) is 14.8. The molecule has 0 aromatic heterocycles. The molecule has 1 aliphatic heterocycles. The highest BCUT2D eigenvalue weighted by atomic mass is 32.2. The smallest absolute Gasteiger partial charge is 0.346 e. The zero-order valence-corrected chi connectivity index (χ0v) is 11.8. The van der Waals surface area contributed by atoms with Crippen LogP contribution in [0.3, 0.4) is 0 Å². The molecule has 1 saturated heterocycles. The van der Waals surface area contributed by atoms with Gasteiger partial charge in [0.05, 0.1) is 25.1 Å². The molecule has 0 aromatic carbocycles. The highest BCUT2D eigenvalue weighted by Gasteiger charge is 2.52. The fourth-order valence-corrected chi connectivity index (χ4v) is 2.24. The van der Waals surface area contributed by atoms with E-state index in [1.54, 1.807) is 13.8 Å². The van der Waals surface area contributed by atoms with Gasteiger partial charge in [0.25, 0.3) is 0 Å². The number of hydrogen-bond acceptors (Lipinski definition) is 7. The van der Waals surface area contributed by atoms with Gasteiger partial charge < -0.3 is 18.8 Å². The van der Waals surface area contributed by atoms with Crippen LogP contribution in [0.5, 0.6) is 0 Å². The number of hydrogen-bond donors (Lipinski definition) is 0. The van der Waals surface area contributed by atoms with Gasteiger partial charge >= 0.3 is 5.97 Å². The van der Waals surface area contributed by atoms with Crippen LogP contribution in [0, 0.1) is 0 Å². The molecule has 112 valence electrons. The minimum absolute atomic E-state index is 0.106. The number of alkyl halides is 1. The number of methoxy groups -OCH3 is 1. The van der Waals surface area contributed by atoms with Crippen molar-refractivity contribution in [2.24, 2.45) is 0 Å². The Hall–Kier alpha value is -0.610. The van der Waals surface area contributed by atoms with Crippen molar-refractivity contribution in [1.29, 1.82) is 0 Å². The number of halogens is 1. The first-order chi connectivity index (χ1) is 8.60. The molecule has 0 bridgehead atoms. The van der Waals surface area contributed by atoms with E-state index in [1.165, 1.54) is 0 Å². The molecule has 4 atom stereocenters. The van der Waals surface area contributed by atoms with E-state index in [1.807, 2.05) is 0 Å². The first-order valence-corrected chi connectivity index (χ1v) is 6.45. The summed E-state index contributed by atoms with van der Waals surface area (Å²) in [5.74, 6) is -2.26. The predicted octanol–water partition coefficient (Wildman–Crippen LogP) is 0.218. The van der Waals surface area contributed by atoms with Crippen LogP contribution >= 0.6 is 0 Å². The van der Waals surface area contributed by atoms with Crippen LogP contribution in [0.15, 0.2) is 0 Å². The monoisotopic (exact) mass is 299 g/mol. The SMILES string of the molecule is COC(=O)C(C)(F)[C@H](OS(=O)[O-])C1COC(C)(C)O1. The van der Waals surface area contributed by atoms with Crippen LogP contribution in [0.2, 0.25) is 0 Å². The van der Waals surface area contributed by atoms with Gasteiger partial charge in [-0.2, -0.15) is 0 Å². The van der Waals surface area contributed by atoms with Crippen molar-refractivity contribution in [2.75, 3.05) is 13.7 Å². The summed E-state index contributed by atoms with van der Waals surface area (Å²) in [6.45, 7) is 3.91. The largest absolute Gasteiger partial charge is 0.750 e. The third-order valence-corrected chi connectivity index (χ3v) is 3.03. The fourth-order valence-electron chi connectivity index (χ4n) is 1.77. The van der Waals surface area contributed by atoms with Gasteiger partial charge in [-0.15, -0.1) is 0 Å². The highest BCUT2D eigenvalue weighted by molar-refractivity contribution is 7.74. The van der Waals surface area contributed by atoms with Crippen LogP contribution < -0.4 is 0 Å². The zero-order valence-electron chi connectivity index (χ0n) is 11.0. The van der Waals surface area contributed by atoms with Crippen molar-refractivity contribution in [3.05, 3.63) is 0 Å². The normalized spacial score (nSPS) is 28.4. The molecule has 9 heteroatoms. The number of rotatable bonds is 5. The summed E-state index contributed by atoms with van der Waals surface area (Å²) in [6.07, 6.45) is -2.75. The Morgan fingerprint density at radius 3 is 2.58 bits per heavy atom. The highest BCUT2D eigenvalue weighted by Crippen LogP contribution is 2.32. The molecular weight excluding hydrogens is 283 g/mol. The van der Waals surface area contributed by atoms with E-state index in [2.05, 4.69) is 8.92 Å². The van der Waals surface area contributed by atoms with Crippen LogP contribution in [0.4, 0.5) is 4.39 Å². The second kappa shape index (κ2) is 5.80. The molecule has 0 amide bonds. The molecule has 1 aliphatic rings. The molecule has 0 spiro atoms. The molecule has 0 aromatic rings. The molecule has 0 radical (unpaired) electrons. The second-order valence-corrected chi connectivity index (χ2v) is 5.26. The number of carbonyl (C=O) groups is 1. The van der Waals surface area contributed by atoms with E-state index >= 15 is 0 Å². The number of ether oxygens (including phenoxy) is 3. The summed E-state index contributed by atoms with van der Waals surface area (Å²) in [5, 5.41) is 0. The van der Waals surface area contributed by atoms with E-state index in [4.69, 9.17) is 9.47 Å². The van der Waals surface area contributed by atoms with Crippen LogP contribution in [0.25, 0.3) is 0 Å². The first kappa shape index (κ1) is 16.4. The Morgan fingerprint density at radius 1 is 1.63 bits per heavy atom. The summed E-state index contributed by atoms with van der Waals surface area (Å²) in [6, 6.07) is 0. The van der Waals surface area contributed by atoms with Gasteiger partial charge in [0.1, 0.15) is 12.2 Å². The summed E-state index contributed by atoms with van der Waals surface area (Å²) >= 11 is -3.01. The van der Waals surface area contributed by atoms with Gasteiger partial charge in [0, 0.05) is 0 Å². The Morgan fingerprint density at radius 2 is 2.21 bits per heavy atom. The summed E-state index contributed by atoms with van der Waals surface area (Å²) in [5.41, 5.74) is -2.69. The van der Waals surface area contributed by atoms with E-state index in [9.17, 15) is 17.9 Å². The van der Waals surface area contributed by atoms with Crippen molar-refractivity contribution in [3.8, 4) is 0 Å². The molecule has 3 unspecified atom stereocenters. The van der Waals surface area contributed by atoms with Gasteiger partial charge in [0.15, 0.2) is 5.79 Å². The average molecular weight is 299 g/mol. The number of carbonyl (C=O) groups excluding carboxylic acids is 1. The lowest BCUT2D eigenvalue weighted by molar-refractivity contribution is -0.177. The van der Waals surface area contributed by atoms with E-state index in [0.717, 1.165) is 14.0 Å². The molecule has 1 heterocycles. The van der Waals surface area contributed by atoms with Gasteiger partial charge in [-0.3, -0.25) is 4.18 Å². The van der Waals surface area contributed by atoms with Crippen molar-refractivity contribution in [3.63, 3.8) is 0 Å². The van der Waals surface area contributed by atoms with Crippen molar-refractivity contribution >= 4 is 17.3 Å². The lowest BCUT2D eigenvalue weighted by atomic mass is 9.97. The van der Waals surface area contributed by atoms with E-state index in [0.29, 0.717) is 0 Å². The molecule has 1 rings (SSSR count). The molecular formula is C10H16FO7S-. The molecule has 0 saturated carbocycles. The Labute approximate surface area is 112 Å². The Bertz CT molecular complexity index is 371. The minimum Gasteiger partial charge on any atom is -0.750 e. The van der Waals surface area contributed by atoms with Gasteiger partial charge in [-0.25, -0.2) is 13.4 Å². The second-order valence-electron chi connectivity index (χ2n) is 4.66. The summed E-state index contributed by atoms with van der Waals surface area (Å²) < 4.78 is 55.0. The maximum atomic E-state index is 14.4. The van der Waals surface area contributed by atoms with E-state index < -0.39 is 41.0 Å². The lowest BCUT2D eigenvalue weighted by Crippen LogP contribution is -2.52. The van der Waals surface area contributed by atoms with Gasteiger partial charge in [-0.1, -0.05) is 0 Å². The van der Waals surface area contributed by atoms with Gasteiger partial charge in [0.2, 0.25) is 5.67 Å². The molecule has 0 N–H and O–H groups in total. The molecule has 0 aliphatic carbocycles. The summed E-state index contributed by atoms with van der Waals surface area (Å²) in [4.78, 5) is 11.4.